The van der Waals surface area contributed by atoms with Crippen molar-refractivity contribution in [1.29, 1.82) is 15.8 Å². The van der Waals surface area contributed by atoms with E-state index in [2.05, 4.69) is 34.2 Å². The molecule has 49 heteroatoms. The summed E-state index contributed by atoms with van der Waals surface area (Å²) in [5.74, 6) is -7.87. The summed E-state index contributed by atoms with van der Waals surface area (Å²) in [6, 6.07) is 2.84. The van der Waals surface area contributed by atoms with Crippen LogP contribution in [-0.2, 0) is 188 Å². The van der Waals surface area contributed by atoms with E-state index in [1.54, 1.807) is 0 Å². The fourth-order valence-corrected chi connectivity index (χ4v) is 16.4. The lowest BCUT2D eigenvalue weighted by atomic mass is 9.92. The molecule has 3 aliphatic heterocycles. The van der Waals surface area contributed by atoms with E-state index in [1.165, 1.54) is 41.5 Å². The van der Waals surface area contributed by atoms with Crippen molar-refractivity contribution in [1.82, 2.24) is 16.0 Å². The SMILES string of the molecule is CCCCOCC(COCCCOP(OCCC#N)OCCCCCCO[C@@H]1OC(COC(C)=O)[C@H](OC(C)=O)C(OC(C)=O)[C@@H]1NC(C)=O)(COCCCOP(OCCC#N)OCCCCCCO[C@@H]1OC(COC(C)=O)[C@H](OC(C)=O)C(OC(C)=O)[C@@H]1NC(C)=O)COCCCOP(OCCC#N)OCCCCCCO[C@@H]1OC(COC(C)=O)[C@H](OC(C)=O)C(OC(C)=O)[C@@H]1NC(C)=O. The molecule has 3 N–H and O–H groups in total. The number of carbonyl (C=O) groups excluding carboxylic acids is 12. The molecule has 0 aromatic carbocycles. The Bertz CT molecular complexity index is 3240. The van der Waals surface area contributed by atoms with Crippen LogP contribution in [0.3, 0.4) is 0 Å². The summed E-state index contributed by atoms with van der Waals surface area (Å²) in [6.45, 7) is 18.4. The Kier molecular flexibility index (Phi) is 67.4. The highest BCUT2D eigenvalue weighted by atomic mass is 31.2. The number of carbonyl (C=O) groups is 12. The average molecular weight is 2010 g/mol. The third-order valence-corrected chi connectivity index (χ3v) is 22.7. The Morgan fingerprint density at radius 3 is 0.721 bits per heavy atom. The molecule has 46 nitrogen and oxygen atoms in total. The first-order valence-corrected chi connectivity index (χ1v) is 49.1. The minimum Gasteiger partial charge on any atom is -0.463 e. The van der Waals surface area contributed by atoms with Gasteiger partial charge in [0, 0.05) is 129 Å². The maximum absolute atomic E-state index is 12.4. The molecule has 136 heavy (non-hydrogen) atoms. The number of nitrogens with zero attached hydrogens (tertiary/aromatic N) is 3. The Hall–Kier alpha value is -7.36. The number of hydrogen-bond donors (Lipinski definition) is 3. The first kappa shape index (κ1) is 123. The highest BCUT2D eigenvalue weighted by Gasteiger charge is 2.55. The summed E-state index contributed by atoms with van der Waals surface area (Å²) >= 11 is 0. The molecule has 0 bridgehead atoms. The molecule has 3 rings (SSSR count). The molecule has 3 heterocycles. The van der Waals surface area contributed by atoms with Crippen LogP contribution in [0.2, 0.25) is 0 Å². The summed E-state index contributed by atoms with van der Waals surface area (Å²) in [4.78, 5) is 146. The van der Waals surface area contributed by atoms with E-state index in [0.29, 0.717) is 103 Å². The highest BCUT2D eigenvalue weighted by molar-refractivity contribution is 7.42. The number of ether oxygens (including phenoxy) is 19. The largest absolute Gasteiger partial charge is 0.463 e. The Morgan fingerprint density at radius 1 is 0.279 bits per heavy atom. The maximum atomic E-state index is 12.4. The monoisotopic (exact) mass is 2000 g/mol. The van der Waals surface area contributed by atoms with Crippen molar-refractivity contribution in [3.8, 4) is 18.2 Å². The standard InChI is InChI=1S/C87H143N6O40P3/c1-14-15-37-106-56-87(57-107-38-31-50-122-134(119-47-28-34-88)116-44-25-19-16-22-41-110-84-75(91-60(2)94)81(128-69(11)103)78(125-66(8)100)72(131-84)53-113-63(5)97,58-108-39-32-51-123-135(120-48-29-35-89)117-45-26-20-17-23-42-111-85-76(92-61(3)95)82(129-70(12)104)79(126-67(9)101)73(132-85)54-114-64(6)98)59-109-40-33-52-124-136(121-49-30-36-90)118-46-27-21-18-24-43-112-86-77(93-62(4)96)83(130-71(13)105)80(127-68(10)102)74(133-86)55-115-65(7)99/h72-86H,14-33,37-59H2,1-13H3,(H,91,94)(H,92,95)(H,93,96)/t72?,73?,74?,75-,76-,77-,78-,79-,80-,81?,82?,83?,84+,85+,86+,87?,134?,135?,136?/m0/s1. The van der Waals surface area contributed by atoms with Gasteiger partial charge in [-0.1, -0.05) is 51.9 Å². The third kappa shape index (κ3) is 56.2. The van der Waals surface area contributed by atoms with E-state index >= 15 is 0 Å². The smallest absolute Gasteiger partial charge is 0.332 e. The lowest BCUT2D eigenvalue weighted by molar-refractivity contribution is -0.277. The summed E-state index contributed by atoms with van der Waals surface area (Å²) < 4.78 is 165. The van der Waals surface area contributed by atoms with E-state index in [9.17, 15) is 73.3 Å². The zero-order valence-corrected chi connectivity index (χ0v) is 83.3. The van der Waals surface area contributed by atoms with Gasteiger partial charge in [-0.05, 0) is 64.2 Å². The van der Waals surface area contributed by atoms with Crippen molar-refractivity contribution in [3.63, 3.8) is 0 Å². The van der Waals surface area contributed by atoms with Crippen LogP contribution in [0.25, 0.3) is 0 Å². The van der Waals surface area contributed by atoms with Gasteiger partial charge in [-0.3, -0.25) is 57.5 Å². The van der Waals surface area contributed by atoms with Gasteiger partial charge in [0.05, 0.1) is 129 Å². The summed E-state index contributed by atoms with van der Waals surface area (Å²) in [7, 11) is -5.68. The first-order valence-electron chi connectivity index (χ1n) is 45.8. The molecule has 3 amide bonds. The topological polar surface area (TPSA) is 571 Å². The van der Waals surface area contributed by atoms with Crippen LogP contribution in [0.4, 0.5) is 0 Å². The zero-order chi connectivity index (χ0) is 100. The molecule has 0 aromatic rings. The van der Waals surface area contributed by atoms with Crippen LogP contribution >= 0.6 is 25.8 Å². The zero-order valence-electron chi connectivity index (χ0n) is 80.6. The van der Waals surface area contributed by atoms with Gasteiger partial charge in [0.25, 0.3) is 0 Å². The Morgan fingerprint density at radius 2 is 0.500 bits per heavy atom. The van der Waals surface area contributed by atoms with Gasteiger partial charge >= 0.3 is 79.5 Å². The quantitative estimate of drug-likeness (QED) is 0.0223. The van der Waals surface area contributed by atoms with Gasteiger partial charge in [0.1, 0.15) is 56.3 Å². The van der Waals surface area contributed by atoms with E-state index in [4.69, 9.17) is 131 Å². The van der Waals surface area contributed by atoms with Crippen molar-refractivity contribution < 1.29 is 188 Å². The van der Waals surface area contributed by atoms with E-state index in [1.807, 2.05) is 6.92 Å². The van der Waals surface area contributed by atoms with Crippen LogP contribution in [0.15, 0.2) is 0 Å². The minimum absolute atomic E-state index is 0.0583. The van der Waals surface area contributed by atoms with E-state index in [0.717, 1.165) is 54.4 Å². The second-order valence-corrected chi connectivity index (χ2v) is 35.2. The highest BCUT2D eigenvalue weighted by Crippen LogP contribution is 2.43. The number of hydrogen-bond acceptors (Lipinski definition) is 43. The lowest BCUT2D eigenvalue weighted by Gasteiger charge is -2.44. The van der Waals surface area contributed by atoms with Gasteiger partial charge in [0.2, 0.25) is 17.7 Å². The van der Waals surface area contributed by atoms with Gasteiger partial charge in [-0.25, -0.2) is 0 Å². The summed E-state index contributed by atoms with van der Waals surface area (Å²) in [5.41, 5.74) is -0.876. The van der Waals surface area contributed by atoms with Gasteiger partial charge in [0.15, 0.2) is 55.5 Å². The van der Waals surface area contributed by atoms with E-state index < -0.39 is 195 Å². The van der Waals surface area contributed by atoms with Crippen molar-refractivity contribution in [2.24, 2.45) is 5.41 Å². The molecule has 0 saturated carbocycles. The number of nitriles is 3. The van der Waals surface area contributed by atoms with Gasteiger partial charge < -0.3 is 147 Å². The van der Waals surface area contributed by atoms with Crippen molar-refractivity contribution in [2.45, 2.75) is 310 Å². The van der Waals surface area contributed by atoms with E-state index in [-0.39, 0.29) is 165 Å². The van der Waals surface area contributed by atoms with Crippen LogP contribution in [0.1, 0.15) is 218 Å². The number of esters is 9. The van der Waals surface area contributed by atoms with Gasteiger partial charge in [-0.15, -0.1) is 0 Å². The second kappa shape index (κ2) is 74.6. The minimum atomic E-state index is -1.89. The van der Waals surface area contributed by atoms with Crippen LogP contribution in [-0.4, -0.2) is 315 Å². The number of unbranched alkanes of at least 4 members (excludes halogenated alkanes) is 10. The van der Waals surface area contributed by atoms with Crippen molar-refractivity contribution >= 4 is 97.3 Å². The first-order chi connectivity index (χ1) is 65.2. The molecular weight excluding hydrogens is 1860 g/mol. The average Bonchev–Trinajstić information content (AvgIpc) is 0.794. The third-order valence-electron chi connectivity index (χ3n) is 19.2. The fraction of sp³-hybridized carbons (Fsp3) is 0.828. The molecule has 0 aromatic heterocycles. The molecule has 0 spiro atoms. The number of amides is 3. The molecule has 0 aliphatic carbocycles. The normalized spacial score (nSPS) is 22.4. The number of rotatable bonds is 77. The molecule has 3 aliphatic rings. The molecular formula is C87H143N6O40P3. The van der Waals surface area contributed by atoms with Crippen molar-refractivity contribution in [3.05, 3.63) is 0 Å². The molecule has 18 atom stereocenters. The number of nitrogens with one attached hydrogen (secondary N) is 3. The Balaban J connectivity index is 1.71. The molecule has 3 fully saturated rings. The predicted octanol–water partition coefficient (Wildman–Crippen LogP) is 8.28. The van der Waals surface area contributed by atoms with Crippen molar-refractivity contribution in [2.75, 3.05) is 152 Å². The lowest BCUT2D eigenvalue weighted by Crippen LogP contribution is -2.66. The van der Waals surface area contributed by atoms with Crippen LogP contribution in [0.5, 0.6) is 0 Å². The van der Waals surface area contributed by atoms with Crippen LogP contribution in [0, 0.1) is 39.4 Å². The molecule has 776 valence electrons. The summed E-state index contributed by atoms with van der Waals surface area (Å²) in [6.07, 6.45) is -4.29. The fourth-order valence-electron chi connectivity index (χ4n) is 13.4. The predicted molar refractivity (Wildman–Crippen MR) is 475 cm³/mol. The maximum Gasteiger partial charge on any atom is 0.332 e. The second-order valence-electron chi connectivity index (χ2n) is 31.5. The van der Waals surface area contributed by atoms with Crippen LogP contribution < -0.4 is 16.0 Å². The molecule has 0 radical (unpaired) electrons. The van der Waals surface area contributed by atoms with Gasteiger partial charge in [-0.2, -0.15) is 15.8 Å². The molecule has 3 saturated heterocycles. The molecule has 9 unspecified atom stereocenters. The summed E-state index contributed by atoms with van der Waals surface area (Å²) in [5, 5.41) is 36.1. The Labute approximate surface area is 799 Å².